The lowest BCUT2D eigenvalue weighted by Crippen LogP contribution is -2.30. The van der Waals surface area contributed by atoms with E-state index >= 15 is 0 Å². The largest absolute Gasteiger partial charge is 0.333 e. The van der Waals surface area contributed by atoms with Crippen molar-refractivity contribution in [1.82, 2.24) is 25.3 Å². The summed E-state index contributed by atoms with van der Waals surface area (Å²) in [6.45, 7) is 1.97. The van der Waals surface area contributed by atoms with E-state index in [1.165, 1.54) is 0 Å². The van der Waals surface area contributed by atoms with E-state index in [1.807, 2.05) is 73.7 Å². The van der Waals surface area contributed by atoms with Gasteiger partial charge in [-0.1, -0.05) is 60.7 Å². The highest BCUT2D eigenvalue weighted by molar-refractivity contribution is 5.99. The van der Waals surface area contributed by atoms with Gasteiger partial charge in [-0.15, -0.1) is 0 Å². The average molecular weight is 371 g/mol. The number of H-pyrrole nitrogens is 2. The lowest BCUT2D eigenvalue weighted by Gasteiger charge is -2.23. The van der Waals surface area contributed by atoms with E-state index in [2.05, 4.69) is 20.4 Å². The molecule has 0 aliphatic heterocycles. The molecule has 2 aromatic carbocycles. The second-order valence-electron chi connectivity index (χ2n) is 6.69. The van der Waals surface area contributed by atoms with Crippen molar-refractivity contribution in [2.75, 3.05) is 7.05 Å². The van der Waals surface area contributed by atoms with Crippen molar-refractivity contribution >= 4 is 5.91 Å². The van der Waals surface area contributed by atoms with E-state index in [-0.39, 0.29) is 11.9 Å². The van der Waals surface area contributed by atoms with Gasteiger partial charge in [0.1, 0.15) is 0 Å². The van der Waals surface area contributed by atoms with Gasteiger partial charge in [-0.3, -0.25) is 15.0 Å². The molecule has 0 aliphatic carbocycles. The van der Waals surface area contributed by atoms with Crippen LogP contribution in [0.15, 0.2) is 72.9 Å². The first kappa shape index (κ1) is 17.7. The topological polar surface area (TPSA) is 77.7 Å². The molecule has 6 nitrogen and oxygen atoms in total. The van der Waals surface area contributed by atoms with Gasteiger partial charge in [0.25, 0.3) is 5.91 Å². The van der Waals surface area contributed by atoms with Gasteiger partial charge < -0.3 is 4.90 Å². The predicted octanol–water partition coefficient (Wildman–Crippen LogP) is 4.30. The molecule has 0 aliphatic rings. The van der Waals surface area contributed by atoms with Gasteiger partial charge in [-0.2, -0.15) is 10.2 Å². The fourth-order valence-corrected chi connectivity index (χ4v) is 3.16. The Morgan fingerprint density at radius 2 is 1.61 bits per heavy atom. The van der Waals surface area contributed by atoms with Gasteiger partial charge >= 0.3 is 0 Å². The van der Waals surface area contributed by atoms with Gasteiger partial charge in [0.15, 0.2) is 0 Å². The molecule has 4 rings (SSSR count). The molecule has 0 unspecified atom stereocenters. The zero-order chi connectivity index (χ0) is 19.5. The molecular formula is C22H21N5O. The molecule has 2 heterocycles. The zero-order valence-corrected chi connectivity index (χ0v) is 15.8. The van der Waals surface area contributed by atoms with Crippen LogP contribution in [0.5, 0.6) is 0 Å². The molecule has 0 bridgehead atoms. The van der Waals surface area contributed by atoms with Gasteiger partial charge in [0.05, 0.1) is 34.9 Å². The standard InChI is InChI=1S/C22H21N5O/c1-15(19-13-20(25-24-19)16-9-5-3-6-10-16)27(2)22(28)18-14-23-26-21(18)17-11-7-4-8-12-17/h3-15H,1-2H3,(H,23,26)(H,24,25)/t15-/m0/s1. The summed E-state index contributed by atoms with van der Waals surface area (Å²) in [5, 5.41) is 14.5. The van der Waals surface area contributed by atoms with E-state index in [1.54, 1.807) is 18.1 Å². The minimum Gasteiger partial charge on any atom is -0.333 e. The number of amides is 1. The Labute approximate surface area is 163 Å². The number of rotatable bonds is 5. The first-order valence-electron chi connectivity index (χ1n) is 9.12. The Bertz CT molecular complexity index is 1070. The molecule has 4 aromatic rings. The van der Waals surface area contributed by atoms with E-state index < -0.39 is 0 Å². The number of benzene rings is 2. The maximum atomic E-state index is 13.1. The quantitative estimate of drug-likeness (QED) is 0.549. The fourth-order valence-electron chi connectivity index (χ4n) is 3.16. The van der Waals surface area contributed by atoms with Crippen molar-refractivity contribution in [3.05, 3.63) is 84.2 Å². The van der Waals surface area contributed by atoms with Crippen LogP contribution in [-0.2, 0) is 0 Å². The molecule has 1 atom stereocenters. The van der Waals surface area contributed by atoms with E-state index in [0.717, 1.165) is 28.2 Å². The van der Waals surface area contributed by atoms with Crippen LogP contribution in [0.1, 0.15) is 29.0 Å². The van der Waals surface area contributed by atoms with Gasteiger partial charge in [0.2, 0.25) is 0 Å². The summed E-state index contributed by atoms with van der Waals surface area (Å²) in [5.74, 6) is -0.101. The number of aromatic amines is 2. The number of nitrogens with one attached hydrogen (secondary N) is 2. The first-order chi connectivity index (χ1) is 13.6. The summed E-state index contributed by atoms with van der Waals surface area (Å²) in [4.78, 5) is 14.8. The minimum absolute atomic E-state index is 0.101. The number of nitrogens with zero attached hydrogens (tertiary/aromatic N) is 3. The summed E-state index contributed by atoms with van der Waals surface area (Å²) >= 11 is 0. The maximum Gasteiger partial charge on any atom is 0.257 e. The lowest BCUT2D eigenvalue weighted by atomic mass is 10.1. The molecule has 0 saturated carbocycles. The second kappa shape index (κ2) is 7.52. The van der Waals surface area contributed by atoms with Gasteiger partial charge in [0, 0.05) is 18.2 Å². The molecule has 6 heteroatoms. The number of carbonyl (C=O) groups is 1. The SMILES string of the molecule is C[C@@H](c1cc(-c2ccccc2)n[nH]1)N(C)C(=O)c1cn[nH]c1-c1ccccc1. The second-order valence-corrected chi connectivity index (χ2v) is 6.69. The van der Waals surface area contributed by atoms with Crippen LogP contribution in [0.4, 0.5) is 0 Å². The third-order valence-corrected chi connectivity index (χ3v) is 4.95. The Kier molecular flexibility index (Phi) is 4.76. The summed E-state index contributed by atoms with van der Waals surface area (Å²) < 4.78 is 0. The molecular weight excluding hydrogens is 350 g/mol. The Morgan fingerprint density at radius 3 is 2.29 bits per heavy atom. The summed E-state index contributed by atoms with van der Waals surface area (Å²) in [7, 11) is 1.79. The third kappa shape index (κ3) is 3.32. The summed E-state index contributed by atoms with van der Waals surface area (Å²) in [6, 6.07) is 21.5. The highest BCUT2D eigenvalue weighted by Gasteiger charge is 2.24. The van der Waals surface area contributed by atoms with Crippen molar-refractivity contribution in [3.63, 3.8) is 0 Å². The molecule has 28 heavy (non-hydrogen) atoms. The Morgan fingerprint density at radius 1 is 0.964 bits per heavy atom. The predicted molar refractivity (Wildman–Crippen MR) is 109 cm³/mol. The van der Waals surface area contributed by atoms with Crippen LogP contribution in [0.25, 0.3) is 22.5 Å². The molecule has 0 fully saturated rings. The molecule has 2 aromatic heterocycles. The van der Waals surface area contributed by atoms with Crippen LogP contribution >= 0.6 is 0 Å². The van der Waals surface area contributed by atoms with Crippen LogP contribution in [0.3, 0.4) is 0 Å². The molecule has 0 spiro atoms. The number of carbonyl (C=O) groups excluding carboxylic acids is 1. The fraction of sp³-hybridized carbons (Fsp3) is 0.136. The highest BCUT2D eigenvalue weighted by atomic mass is 16.2. The van der Waals surface area contributed by atoms with Crippen LogP contribution in [-0.4, -0.2) is 38.2 Å². The Balaban J connectivity index is 1.57. The average Bonchev–Trinajstić information content (AvgIpc) is 3.43. The van der Waals surface area contributed by atoms with E-state index in [9.17, 15) is 4.79 Å². The molecule has 2 N–H and O–H groups in total. The minimum atomic E-state index is -0.170. The smallest absolute Gasteiger partial charge is 0.257 e. The first-order valence-corrected chi connectivity index (χ1v) is 9.12. The summed E-state index contributed by atoms with van der Waals surface area (Å²) in [5.41, 5.74) is 4.96. The maximum absolute atomic E-state index is 13.1. The van der Waals surface area contributed by atoms with Crippen molar-refractivity contribution in [3.8, 4) is 22.5 Å². The monoisotopic (exact) mass is 371 g/mol. The van der Waals surface area contributed by atoms with Crippen molar-refractivity contribution in [2.24, 2.45) is 0 Å². The molecule has 0 saturated heterocycles. The van der Waals surface area contributed by atoms with Crippen molar-refractivity contribution in [2.45, 2.75) is 13.0 Å². The zero-order valence-electron chi connectivity index (χ0n) is 15.8. The third-order valence-electron chi connectivity index (χ3n) is 4.95. The highest BCUT2D eigenvalue weighted by Crippen LogP contribution is 2.27. The van der Waals surface area contributed by atoms with Crippen molar-refractivity contribution in [1.29, 1.82) is 0 Å². The number of aromatic nitrogens is 4. The van der Waals surface area contributed by atoms with E-state index in [0.29, 0.717) is 5.56 Å². The lowest BCUT2D eigenvalue weighted by molar-refractivity contribution is 0.0740. The van der Waals surface area contributed by atoms with E-state index in [4.69, 9.17) is 0 Å². The van der Waals surface area contributed by atoms with Gasteiger partial charge in [-0.05, 0) is 13.0 Å². The van der Waals surface area contributed by atoms with Crippen LogP contribution in [0.2, 0.25) is 0 Å². The summed E-state index contributed by atoms with van der Waals surface area (Å²) in [6.07, 6.45) is 1.58. The van der Waals surface area contributed by atoms with Gasteiger partial charge in [-0.25, -0.2) is 0 Å². The molecule has 0 radical (unpaired) electrons. The number of hydrogen-bond acceptors (Lipinski definition) is 3. The van der Waals surface area contributed by atoms with Crippen molar-refractivity contribution < 1.29 is 4.79 Å². The van der Waals surface area contributed by atoms with Crippen LogP contribution < -0.4 is 0 Å². The Hall–Kier alpha value is -3.67. The number of hydrogen-bond donors (Lipinski definition) is 2. The van der Waals surface area contributed by atoms with Crippen LogP contribution in [0, 0.1) is 0 Å². The normalized spacial score (nSPS) is 11.9. The molecule has 1 amide bonds. The molecule has 140 valence electrons.